The molecule has 0 radical (unpaired) electrons. The van der Waals surface area contributed by atoms with E-state index in [-0.39, 0.29) is 24.4 Å². The maximum atomic E-state index is 12.7. The van der Waals surface area contributed by atoms with Gasteiger partial charge in [0, 0.05) is 17.8 Å². The number of hydrogen-bond donors (Lipinski definition) is 2. The monoisotopic (exact) mass is 336 g/mol. The molecule has 0 aliphatic carbocycles. The van der Waals surface area contributed by atoms with Crippen LogP contribution in [0.15, 0.2) is 48.5 Å². The van der Waals surface area contributed by atoms with Crippen molar-refractivity contribution in [2.24, 2.45) is 0 Å². The third-order valence-corrected chi connectivity index (χ3v) is 3.21. The van der Waals surface area contributed by atoms with E-state index in [1.165, 1.54) is 18.2 Å². The molecule has 0 spiro atoms. The number of nitrogens with zero attached hydrogens (tertiary/aromatic N) is 1. The first-order valence-corrected chi connectivity index (χ1v) is 7.12. The van der Waals surface area contributed by atoms with Crippen LogP contribution < -0.4 is 10.1 Å². The number of nitrogens with one attached hydrogen (secondary N) is 1. The van der Waals surface area contributed by atoms with Gasteiger partial charge in [0.05, 0.1) is 11.6 Å². The Morgan fingerprint density at radius 1 is 1.17 bits per heavy atom. The topological polar surface area (TPSA) is 65.3 Å². The first-order chi connectivity index (χ1) is 11.4. The van der Waals surface area contributed by atoms with E-state index in [0.29, 0.717) is 11.3 Å². The standard InChI is InChI=1S/C17H15F3N2O2/c18-17(19,20)16(23)14-6-1-2-7-15(14)22-8-9-24-13-5-3-4-12(10-13)11-21/h1-7,10,16,22-23H,8-9H2. The lowest BCUT2D eigenvalue weighted by Crippen LogP contribution is -2.22. The van der Waals surface area contributed by atoms with Crippen LogP contribution in [0.4, 0.5) is 18.9 Å². The molecule has 126 valence electrons. The Kier molecular flexibility index (Phi) is 5.66. The van der Waals surface area contributed by atoms with Crippen molar-refractivity contribution < 1.29 is 23.0 Å². The number of anilines is 1. The average Bonchev–Trinajstić information content (AvgIpc) is 2.58. The molecule has 7 heteroatoms. The summed E-state index contributed by atoms with van der Waals surface area (Å²) in [6.45, 7) is 0.420. The van der Waals surface area contributed by atoms with Gasteiger partial charge in [-0.15, -0.1) is 0 Å². The zero-order valence-corrected chi connectivity index (χ0v) is 12.5. The van der Waals surface area contributed by atoms with E-state index in [2.05, 4.69) is 5.32 Å². The molecule has 0 aliphatic rings. The summed E-state index contributed by atoms with van der Waals surface area (Å²) in [5.74, 6) is 0.500. The lowest BCUT2D eigenvalue weighted by atomic mass is 10.1. The fourth-order valence-electron chi connectivity index (χ4n) is 2.08. The fourth-order valence-corrected chi connectivity index (χ4v) is 2.08. The maximum absolute atomic E-state index is 12.7. The van der Waals surface area contributed by atoms with Crippen molar-refractivity contribution in [1.82, 2.24) is 0 Å². The highest BCUT2D eigenvalue weighted by Gasteiger charge is 2.40. The molecule has 4 nitrogen and oxygen atoms in total. The zero-order chi connectivity index (χ0) is 17.6. The number of hydrogen-bond acceptors (Lipinski definition) is 4. The van der Waals surface area contributed by atoms with Crippen molar-refractivity contribution in [3.8, 4) is 11.8 Å². The minimum Gasteiger partial charge on any atom is -0.492 e. The smallest absolute Gasteiger partial charge is 0.418 e. The third-order valence-electron chi connectivity index (χ3n) is 3.21. The molecule has 0 aromatic heterocycles. The lowest BCUT2D eigenvalue weighted by Gasteiger charge is -2.19. The van der Waals surface area contributed by atoms with Crippen molar-refractivity contribution in [2.75, 3.05) is 18.5 Å². The molecule has 0 aliphatic heterocycles. The van der Waals surface area contributed by atoms with Gasteiger partial charge < -0.3 is 15.2 Å². The van der Waals surface area contributed by atoms with Gasteiger partial charge in [-0.2, -0.15) is 18.4 Å². The minimum atomic E-state index is -4.73. The van der Waals surface area contributed by atoms with Crippen LogP contribution in [0.2, 0.25) is 0 Å². The first kappa shape index (κ1) is 17.6. The molecule has 0 fully saturated rings. The third kappa shape index (κ3) is 4.64. The first-order valence-electron chi connectivity index (χ1n) is 7.12. The number of benzene rings is 2. The number of nitriles is 1. The summed E-state index contributed by atoms with van der Waals surface area (Å²) in [4.78, 5) is 0. The number of alkyl halides is 3. The second-order valence-electron chi connectivity index (χ2n) is 4.95. The van der Waals surface area contributed by atoms with Crippen LogP contribution in [-0.2, 0) is 0 Å². The van der Waals surface area contributed by atoms with E-state index in [1.807, 2.05) is 6.07 Å². The van der Waals surface area contributed by atoms with E-state index < -0.39 is 12.3 Å². The summed E-state index contributed by atoms with van der Waals surface area (Å²) in [6, 6.07) is 14.2. The predicted octanol–water partition coefficient (Wildman–Crippen LogP) is 3.64. The molecule has 0 amide bonds. The van der Waals surface area contributed by atoms with Crippen molar-refractivity contribution >= 4 is 5.69 Å². The second-order valence-corrected chi connectivity index (χ2v) is 4.95. The molecule has 2 aromatic carbocycles. The molecule has 2 rings (SSSR count). The van der Waals surface area contributed by atoms with Crippen LogP contribution in [-0.4, -0.2) is 24.4 Å². The highest BCUT2D eigenvalue weighted by atomic mass is 19.4. The van der Waals surface area contributed by atoms with Gasteiger partial charge in [-0.25, -0.2) is 0 Å². The Labute approximate surface area is 137 Å². The van der Waals surface area contributed by atoms with E-state index in [9.17, 15) is 18.3 Å². The molecule has 2 aromatic rings. The van der Waals surface area contributed by atoms with Crippen molar-refractivity contribution in [3.63, 3.8) is 0 Å². The maximum Gasteiger partial charge on any atom is 0.418 e. The van der Waals surface area contributed by atoms with Gasteiger partial charge in [-0.05, 0) is 24.3 Å². The van der Waals surface area contributed by atoms with Gasteiger partial charge in [0.15, 0.2) is 6.10 Å². The Balaban J connectivity index is 1.94. The van der Waals surface area contributed by atoms with E-state index >= 15 is 0 Å². The van der Waals surface area contributed by atoms with E-state index in [0.717, 1.165) is 0 Å². The number of para-hydroxylation sites is 1. The number of aliphatic hydroxyl groups is 1. The van der Waals surface area contributed by atoms with Crippen LogP contribution in [0.3, 0.4) is 0 Å². The second kappa shape index (κ2) is 7.70. The molecular weight excluding hydrogens is 321 g/mol. The molecule has 24 heavy (non-hydrogen) atoms. The number of halogens is 3. The summed E-state index contributed by atoms with van der Waals surface area (Å²) in [6.07, 6.45) is -7.28. The Morgan fingerprint density at radius 2 is 1.92 bits per heavy atom. The summed E-state index contributed by atoms with van der Waals surface area (Å²) < 4.78 is 43.4. The summed E-state index contributed by atoms with van der Waals surface area (Å²) in [5.41, 5.74) is 0.410. The number of ether oxygens (including phenoxy) is 1. The fraction of sp³-hybridized carbons (Fsp3) is 0.235. The van der Waals surface area contributed by atoms with Crippen molar-refractivity contribution in [2.45, 2.75) is 12.3 Å². The largest absolute Gasteiger partial charge is 0.492 e. The SMILES string of the molecule is N#Cc1cccc(OCCNc2ccccc2C(O)C(F)(F)F)c1. The quantitative estimate of drug-likeness (QED) is 0.791. The van der Waals surface area contributed by atoms with Crippen LogP contribution in [0.5, 0.6) is 5.75 Å². The van der Waals surface area contributed by atoms with Crippen molar-refractivity contribution in [1.29, 1.82) is 5.26 Å². The van der Waals surface area contributed by atoms with Gasteiger partial charge in [0.25, 0.3) is 0 Å². The molecule has 0 heterocycles. The summed E-state index contributed by atoms with van der Waals surface area (Å²) in [7, 11) is 0. The van der Waals surface area contributed by atoms with Gasteiger partial charge >= 0.3 is 6.18 Å². The molecule has 0 bridgehead atoms. The zero-order valence-electron chi connectivity index (χ0n) is 12.5. The molecule has 0 saturated heterocycles. The van der Waals surface area contributed by atoms with E-state index in [4.69, 9.17) is 10.00 Å². The lowest BCUT2D eigenvalue weighted by molar-refractivity contribution is -0.206. The molecule has 1 atom stereocenters. The summed E-state index contributed by atoms with van der Waals surface area (Å²) in [5, 5.41) is 21.0. The molecular formula is C17H15F3N2O2. The van der Waals surface area contributed by atoms with Gasteiger partial charge in [0.2, 0.25) is 0 Å². The Morgan fingerprint density at radius 3 is 2.62 bits per heavy atom. The van der Waals surface area contributed by atoms with E-state index in [1.54, 1.807) is 30.3 Å². The van der Waals surface area contributed by atoms with Gasteiger partial charge in [0.1, 0.15) is 12.4 Å². The van der Waals surface area contributed by atoms with Crippen LogP contribution in [0, 0.1) is 11.3 Å². The number of aliphatic hydroxyl groups excluding tert-OH is 1. The Bertz CT molecular complexity index is 726. The minimum absolute atomic E-state index is 0.186. The highest BCUT2D eigenvalue weighted by molar-refractivity contribution is 5.52. The molecule has 1 unspecified atom stereocenters. The van der Waals surface area contributed by atoms with Crippen molar-refractivity contribution in [3.05, 3.63) is 59.7 Å². The van der Waals surface area contributed by atoms with Crippen LogP contribution in [0.25, 0.3) is 0 Å². The Hall–Kier alpha value is -2.72. The molecule has 2 N–H and O–H groups in total. The average molecular weight is 336 g/mol. The predicted molar refractivity (Wildman–Crippen MR) is 82.6 cm³/mol. The van der Waals surface area contributed by atoms with Crippen LogP contribution in [0.1, 0.15) is 17.2 Å². The summed E-state index contributed by atoms with van der Waals surface area (Å²) >= 11 is 0. The van der Waals surface area contributed by atoms with Crippen LogP contribution >= 0.6 is 0 Å². The molecule has 0 saturated carbocycles. The highest BCUT2D eigenvalue weighted by Crippen LogP contribution is 2.35. The normalized spacial score (nSPS) is 12.3. The van der Waals surface area contributed by atoms with Gasteiger partial charge in [-0.1, -0.05) is 24.3 Å². The van der Waals surface area contributed by atoms with Gasteiger partial charge in [-0.3, -0.25) is 0 Å². The number of rotatable bonds is 6.